The summed E-state index contributed by atoms with van der Waals surface area (Å²) in [4.78, 5) is 15.6. The van der Waals surface area contributed by atoms with Crippen LogP contribution in [0.15, 0.2) is 10.9 Å². The summed E-state index contributed by atoms with van der Waals surface area (Å²) in [5.41, 5.74) is 8.49. The average molecular weight is 227 g/mol. The summed E-state index contributed by atoms with van der Waals surface area (Å²) < 4.78 is 0. The summed E-state index contributed by atoms with van der Waals surface area (Å²) in [7, 11) is 0. The predicted molar refractivity (Wildman–Crippen MR) is 61.6 cm³/mol. The Morgan fingerprint density at radius 3 is 2.93 bits per heavy atom. The van der Waals surface area contributed by atoms with E-state index in [1.807, 2.05) is 19.2 Å². The molecule has 15 heavy (non-hydrogen) atoms. The van der Waals surface area contributed by atoms with E-state index in [2.05, 4.69) is 10.3 Å². The number of carbonyl (C=O) groups excluding carboxylic acids is 1. The number of hydrogen-bond acceptors (Lipinski definition) is 4. The first-order chi connectivity index (χ1) is 7.11. The quantitative estimate of drug-likeness (QED) is 0.781. The highest BCUT2D eigenvalue weighted by molar-refractivity contribution is 7.07. The molecule has 0 aliphatic heterocycles. The first-order valence-corrected chi connectivity index (χ1v) is 5.96. The van der Waals surface area contributed by atoms with Crippen LogP contribution in [0.1, 0.15) is 19.5 Å². The Balaban J connectivity index is 2.23. The lowest BCUT2D eigenvalue weighted by Gasteiger charge is -2.14. The largest absolute Gasteiger partial charge is 0.354 e. The van der Waals surface area contributed by atoms with Gasteiger partial charge in [-0.25, -0.2) is 4.98 Å². The van der Waals surface area contributed by atoms with Crippen LogP contribution in [0.3, 0.4) is 0 Å². The van der Waals surface area contributed by atoms with Crippen molar-refractivity contribution in [3.63, 3.8) is 0 Å². The maximum absolute atomic E-state index is 11.5. The molecule has 0 bridgehead atoms. The first-order valence-electron chi connectivity index (χ1n) is 5.01. The smallest absolute Gasteiger partial charge is 0.237 e. The Morgan fingerprint density at radius 2 is 2.40 bits per heavy atom. The number of carbonyl (C=O) groups is 1. The molecule has 1 heterocycles. The van der Waals surface area contributed by atoms with Crippen LogP contribution in [0.5, 0.6) is 0 Å². The topological polar surface area (TPSA) is 68.0 Å². The molecule has 0 aliphatic carbocycles. The lowest BCUT2D eigenvalue weighted by molar-refractivity contribution is -0.123. The highest BCUT2D eigenvalue weighted by Crippen LogP contribution is 2.01. The Bertz CT molecular complexity index is 298. The lowest BCUT2D eigenvalue weighted by atomic mass is 10.1. The second-order valence-corrected chi connectivity index (χ2v) is 4.51. The van der Waals surface area contributed by atoms with E-state index in [0.29, 0.717) is 6.54 Å². The van der Waals surface area contributed by atoms with Crippen molar-refractivity contribution in [1.29, 1.82) is 0 Å². The normalized spacial score (nSPS) is 12.8. The van der Waals surface area contributed by atoms with Gasteiger partial charge in [0.25, 0.3) is 0 Å². The van der Waals surface area contributed by atoms with Crippen LogP contribution in [0, 0.1) is 5.92 Å². The van der Waals surface area contributed by atoms with E-state index >= 15 is 0 Å². The van der Waals surface area contributed by atoms with Crippen molar-refractivity contribution in [3.05, 3.63) is 16.6 Å². The third-order valence-electron chi connectivity index (χ3n) is 2.18. The summed E-state index contributed by atoms with van der Waals surface area (Å²) >= 11 is 1.56. The van der Waals surface area contributed by atoms with Crippen LogP contribution in [0.4, 0.5) is 0 Å². The minimum absolute atomic E-state index is 0.0831. The second-order valence-electron chi connectivity index (χ2n) is 3.79. The van der Waals surface area contributed by atoms with Crippen molar-refractivity contribution in [2.24, 2.45) is 11.7 Å². The van der Waals surface area contributed by atoms with Gasteiger partial charge < -0.3 is 11.1 Å². The molecule has 5 heteroatoms. The number of rotatable bonds is 5. The molecule has 84 valence electrons. The molecule has 0 fully saturated rings. The standard InChI is InChI=1S/C10H17N3OS/c1-7(2)9(11)10(14)12-4-3-8-5-15-6-13-8/h5-7,9H,3-4,11H2,1-2H3,(H,12,14)/t9-/m0/s1. The van der Waals surface area contributed by atoms with Crippen LogP contribution >= 0.6 is 11.3 Å². The first kappa shape index (κ1) is 12.1. The second kappa shape index (κ2) is 5.82. The summed E-state index contributed by atoms with van der Waals surface area (Å²) in [5, 5.41) is 4.78. The fourth-order valence-electron chi connectivity index (χ4n) is 1.10. The van der Waals surface area contributed by atoms with Gasteiger partial charge in [-0.1, -0.05) is 13.8 Å². The molecule has 1 amide bonds. The fourth-order valence-corrected chi connectivity index (χ4v) is 1.69. The van der Waals surface area contributed by atoms with Crippen LogP contribution in [-0.4, -0.2) is 23.5 Å². The van der Waals surface area contributed by atoms with E-state index in [1.165, 1.54) is 0 Å². The Morgan fingerprint density at radius 1 is 1.67 bits per heavy atom. The summed E-state index contributed by atoms with van der Waals surface area (Å²) in [6, 6.07) is -0.416. The van der Waals surface area contributed by atoms with Crippen LogP contribution < -0.4 is 11.1 Å². The Kier molecular flexibility index (Phi) is 4.71. The molecular weight excluding hydrogens is 210 g/mol. The van der Waals surface area contributed by atoms with Gasteiger partial charge >= 0.3 is 0 Å². The number of nitrogens with zero attached hydrogens (tertiary/aromatic N) is 1. The van der Waals surface area contributed by atoms with Crippen LogP contribution in [0.2, 0.25) is 0 Å². The van der Waals surface area contributed by atoms with Gasteiger partial charge in [-0.15, -0.1) is 11.3 Å². The van der Waals surface area contributed by atoms with Gasteiger partial charge in [0.15, 0.2) is 0 Å². The molecule has 1 aromatic heterocycles. The van der Waals surface area contributed by atoms with Crippen molar-refractivity contribution in [2.45, 2.75) is 26.3 Å². The minimum Gasteiger partial charge on any atom is -0.354 e. The number of hydrogen-bond donors (Lipinski definition) is 2. The molecule has 4 nitrogen and oxygen atoms in total. The van der Waals surface area contributed by atoms with Gasteiger partial charge in [-0.05, 0) is 5.92 Å². The zero-order valence-electron chi connectivity index (χ0n) is 9.06. The number of thiazole rings is 1. The number of amides is 1. The maximum atomic E-state index is 11.5. The SMILES string of the molecule is CC(C)[C@H](N)C(=O)NCCc1cscn1. The van der Waals surface area contributed by atoms with Crippen LogP contribution in [-0.2, 0) is 11.2 Å². The zero-order chi connectivity index (χ0) is 11.3. The number of aromatic nitrogens is 1. The maximum Gasteiger partial charge on any atom is 0.237 e. The van der Waals surface area contributed by atoms with Gasteiger partial charge in [-0.3, -0.25) is 4.79 Å². The molecule has 1 aromatic rings. The van der Waals surface area contributed by atoms with E-state index in [4.69, 9.17) is 5.73 Å². The van der Waals surface area contributed by atoms with Crippen molar-refractivity contribution >= 4 is 17.2 Å². The van der Waals surface area contributed by atoms with Crippen molar-refractivity contribution in [3.8, 4) is 0 Å². The number of nitrogens with one attached hydrogen (secondary N) is 1. The highest BCUT2D eigenvalue weighted by atomic mass is 32.1. The molecule has 0 spiro atoms. The Hall–Kier alpha value is -0.940. The van der Waals surface area contributed by atoms with Crippen molar-refractivity contribution in [1.82, 2.24) is 10.3 Å². The predicted octanol–water partition coefficient (Wildman–Crippen LogP) is 0.785. The van der Waals surface area contributed by atoms with E-state index in [0.717, 1.165) is 12.1 Å². The molecule has 0 radical (unpaired) electrons. The molecule has 3 N–H and O–H groups in total. The highest BCUT2D eigenvalue weighted by Gasteiger charge is 2.16. The van der Waals surface area contributed by atoms with Gasteiger partial charge in [0.05, 0.1) is 17.2 Å². The lowest BCUT2D eigenvalue weighted by Crippen LogP contribution is -2.44. The van der Waals surface area contributed by atoms with Gasteiger partial charge in [0.2, 0.25) is 5.91 Å². The third-order valence-corrected chi connectivity index (χ3v) is 2.82. The monoisotopic (exact) mass is 227 g/mol. The summed E-state index contributed by atoms with van der Waals surface area (Å²) in [6.07, 6.45) is 0.764. The van der Waals surface area contributed by atoms with E-state index in [1.54, 1.807) is 16.8 Å². The van der Waals surface area contributed by atoms with Gasteiger partial charge in [0, 0.05) is 18.3 Å². The van der Waals surface area contributed by atoms with E-state index < -0.39 is 6.04 Å². The molecule has 0 aromatic carbocycles. The van der Waals surface area contributed by atoms with Gasteiger partial charge in [0.1, 0.15) is 0 Å². The molecule has 1 rings (SSSR count). The minimum atomic E-state index is -0.416. The molecule has 0 unspecified atom stereocenters. The third kappa shape index (κ3) is 3.97. The molecule has 0 saturated carbocycles. The summed E-state index contributed by atoms with van der Waals surface area (Å²) in [6.45, 7) is 4.47. The Labute approximate surface area is 93.9 Å². The fraction of sp³-hybridized carbons (Fsp3) is 0.600. The number of nitrogens with two attached hydrogens (primary N) is 1. The van der Waals surface area contributed by atoms with Crippen LogP contribution in [0.25, 0.3) is 0 Å². The van der Waals surface area contributed by atoms with Gasteiger partial charge in [-0.2, -0.15) is 0 Å². The average Bonchev–Trinajstić information content (AvgIpc) is 2.69. The molecule has 0 aliphatic rings. The van der Waals surface area contributed by atoms with E-state index in [9.17, 15) is 4.79 Å². The molecule has 1 atom stereocenters. The molecular formula is C10H17N3OS. The zero-order valence-corrected chi connectivity index (χ0v) is 9.88. The van der Waals surface area contributed by atoms with Crippen molar-refractivity contribution < 1.29 is 4.79 Å². The van der Waals surface area contributed by atoms with Crippen molar-refractivity contribution in [2.75, 3.05) is 6.54 Å². The van der Waals surface area contributed by atoms with E-state index in [-0.39, 0.29) is 11.8 Å². The molecule has 0 saturated heterocycles. The summed E-state index contributed by atoms with van der Waals surface area (Å²) in [5.74, 6) is 0.0875.